The number of fused-ring (bicyclic) bond motifs is 1. The van der Waals surface area contributed by atoms with Crippen molar-refractivity contribution in [3.05, 3.63) is 118 Å². The largest absolute Gasteiger partial charge is 0.478 e. The molecule has 6 nitrogen and oxygen atoms in total. The summed E-state index contributed by atoms with van der Waals surface area (Å²) in [5, 5.41) is 19.8. The number of carboxylic acids is 1. The van der Waals surface area contributed by atoms with Gasteiger partial charge in [-0.3, -0.25) is 0 Å². The fraction of sp³-hybridized carbons (Fsp3) is 0. The molecule has 0 atom stereocenters. The molecule has 0 amide bonds. The highest BCUT2D eigenvalue weighted by Gasteiger charge is 2.31. The fourth-order valence-electron chi connectivity index (χ4n) is 3.81. The number of carboxylic acid groups (broad SMARTS) is 1. The summed E-state index contributed by atoms with van der Waals surface area (Å²) in [7, 11) is -3.97. The smallest absolute Gasteiger partial charge is 0.335 e. The van der Waals surface area contributed by atoms with E-state index in [0.717, 1.165) is 10.2 Å². The van der Waals surface area contributed by atoms with Gasteiger partial charge in [0.05, 0.1) is 31.2 Å². The zero-order valence-electron chi connectivity index (χ0n) is 18.0. The first-order valence-corrected chi connectivity index (χ1v) is 12.8. The molecule has 0 saturated carbocycles. The summed E-state index contributed by atoms with van der Waals surface area (Å²) in [5.74, 6) is -1.11. The number of para-hydroxylation sites is 1. The summed E-state index contributed by atoms with van der Waals surface area (Å²) >= 11 is 1.36. The molecular weight excluding hydrogens is 480 g/mol. The number of carbonyl (C=O) groups is 1. The van der Waals surface area contributed by atoms with Gasteiger partial charge < -0.3 is 5.11 Å². The van der Waals surface area contributed by atoms with Crippen molar-refractivity contribution in [2.45, 2.75) is 0 Å². The van der Waals surface area contributed by atoms with E-state index < -0.39 is 15.8 Å². The minimum Gasteiger partial charge on any atom is -0.478 e. The molecule has 0 aliphatic carbocycles. The van der Waals surface area contributed by atoms with Gasteiger partial charge in [-0.2, -0.15) is 5.26 Å². The maximum atomic E-state index is 13.7. The third kappa shape index (κ3) is 4.08. The minimum atomic E-state index is -3.97. The molecule has 5 rings (SSSR count). The van der Waals surface area contributed by atoms with Crippen LogP contribution in [0, 0.1) is 11.3 Å². The number of thiazole rings is 1. The van der Waals surface area contributed by atoms with E-state index in [2.05, 4.69) is 11.1 Å². The monoisotopic (exact) mass is 496 g/mol. The van der Waals surface area contributed by atoms with E-state index in [4.69, 9.17) is 0 Å². The topological polar surface area (TPSA) is 108 Å². The van der Waals surface area contributed by atoms with Crippen molar-refractivity contribution in [1.29, 1.82) is 5.26 Å². The number of hydrogen-bond acceptors (Lipinski definition) is 6. The van der Waals surface area contributed by atoms with E-state index in [1.165, 1.54) is 47.8 Å². The molecule has 0 fully saturated rings. The van der Waals surface area contributed by atoms with E-state index in [1.54, 1.807) is 30.3 Å². The Balaban J connectivity index is 1.77. The lowest BCUT2D eigenvalue weighted by atomic mass is 10.0. The second kappa shape index (κ2) is 8.80. The molecule has 0 radical (unpaired) electrons. The van der Waals surface area contributed by atoms with E-state index in [9.17, 15) is 23.6 Å². The van der Waals surface area contributed by atoms with Gasteiger partial charge in [0.1, 0.15) is 11.1 Å². The number of hydrogen-bond donors (Lipinski definition) is 1. The Morgan fingerprint density at radius 3 is 2.06 bits per heavy atom. The van der Waals surface area contributed by atoms with Gasteiger partial charge in [0, 0.05) is 0 Å². The molecule has 35 heavy (non-hydrogen) atoms. The molecule has 0 bridgehead atoms. The average molecular weight is 497 g/mol. The van der Waals surface area contributed by atoms with Crippen molar-refractivity contribution in [3.63, 3.8) is 0 Å². The molecule has 4 aromatic rings. The summed E-state index contributed by atoms with van der Waals surface area (Å²) in [4.78, 5) is 15.9. The number of allylic oxidation sites excluding steroid dienone is 4. The van der Waals surface area contributed by atoms with Gasteiger partial charge in [0.15, 0.2) is 0 Å². The maximum Gasteiger partial charge on any atom is 0.335 e. The first-order valence-electron chi connectivity index (χ1n) is 10.5. The molecule has 0 unspecified atom stereocenters. The van der Waals surface area contributed by atoms with Crippen LogP contribution in [-0.4, -0.2) is 24.5 Å². The lowest BCUT2D eigenvalue weighted by Crippen LogP contribution is -2.11. The summed E-state index contributed by atoms with van der Waals surface area (Å²) in [6.45, 7) is 0. The Morgan fingerprint density at radius 1 is 0.857 bits per heavy atom. The number of sulfone groups is 1. The van der Waals surface area contributed by atoms with Crippen molar-refractivity contribution in [1.82, 2.24) is 4.98 Å². The Labute approximate surface area is 205 Å². The van der Waals surface area contributed by atoms with Gasteiger partial charge in [0.2, 0.25) is 9.84 Å². The molecule has 8 heteroatoms. The first-order chi connectivity index (χ1) is 16.9. The number of aromatic nitrogens is 1. The van der Waals surface area contributed by atoms with Crippen LogP contribution in [0.1, 0.15) is 26.5 Å². The highest BCUT2D eigenvalue weighted by atomic mass is 32.2. The molecule has 1 aliphatic rings. The van der Waals surface area contributed by atoms with Crippen LogP contribution in [-0.2, 0) is 9.84 Å². The lowest BCUT2D eigenvalue weighted by Gasteiger charge is -2.19. The molecule has 1 aromatic heterocycles. The Kier molecular flexibility index (Phi) is 5.65. The molecular formula is C27H16N2O4S2. The van der Waals surface area contributed by atoms with Crippen molar-refractivity contribution in [2.24, 2.45) is 0 Å². The fourth-order valence-corrected chi connectivity index (χ4v) is 6.49. The number of rotatable bonds is 4. The lowest BCUT2D eigenvalue weighted by molar-refractivity contribution is 0.0697. The predicted octanol–water partition coefficient (Wildman–Crippen LogP) is 5.78. The van der Waals surface area contributed by atoms with Crippen molar-refractivity contribution in [2.75, 3.05) is 0 Å². The van der Waals surface area contributed by atoms with Crippen molar-refractivity contribution < 1.29 is 18.3 Å². The normalized spacial score (nSPS) is 16.2. The third-order valence-corrected chi connectivity index (χ3v) is 8.45. The van der Waals surface area contributed by atoms with Gasteiger partial charge in [-0.05, 0) is 53.1 Å². The highest BCUT2D eigenvalue weighted by Crippen LogP contribution is 2.41. The van der Waals surface area contributed by atoms with E-state index in [1.807, 2.05) is 24.3 Å². The molecule has 0 saturated heterocycles. The summed E-state index contributed by atoms with van der Waals surface area (Å²) in [6, 6.07) is 24.0. The van der Waals surface area contributed by atoms with Crippen LogP contribution >= 0.6 is 11.3 Å². The second-order valence-corrected chi connectivity index (χ2v) is 10.6. The predicted molar refractivity (Wildman–Crippen MR) is 137 cm³/mol. The summed E-state index contributed by atoms with van der Waals surface area (Å²) < 4.78 is 28.3. The summed E-state index contributed by atoms with van der Waals surface area (Å²) in [5.41, 5.74) is 2.29. The first kappa shape index (κ1) is 22.5. The van der Waals surface area contributed by atoms with Gasteiger partial charge in [0.25, 0.3) is 0 Å². The van der Waals surface area contributed by atoms with Crippen molar-refractivity contribution >= 4 is 52.7 Å². The zero-order chi connectivity index (χ0) is 24.6. The summed E-state index contributed by atoms with van der Waals surface area (Å²) in [6.07, 6.45) is 2.96. The van der Waals surface area contributed by atoms with Gasteiger partial charge in [-0.25, -0.2) is 18.2 Å². The Hall–Kier alpha value is -4.32. The van der Waals surface area contributed by atoms with Crippen LogP contribution in [0.2, 0.25) is 0 Å². The van der Waals surface area contributed by atoms with E-state index >= 15 is 0 Å². The number of nitriles is 1. The molecule has 170 valence electrons. The van der Waals surface area contributed by atoms with E-state index in [0.29, 0.717) is 21.7 Å². The number of benzene rings is 3. The van der Waals surface area contributed by atoms with Gasteiger partial charge >= 0.3 is 5.97 Å². The molecule has 1 aliphatic heterocycles. The van der Waals surface area contributed by atoms with E-state index in [-0.39, 0.29) is 20.9 Å². The molecule has 2 heterocycles. The average Bonchev–Trinajstić information content (AvgIpc) is 3.29. The number of nitrogens with zero attached hydrogens (tertiary/aromatic N) is 2. The van der Waals surface area contributed by atoms with Crippen LogP contribution in [0.3, 0.4) is 0 Å². The molecule has 3 aromatic carbocycles. The minimum absolute atomic E-state index is 0.0142. The van der Waals surface area contributed by atoms with Crippen LogP contribution in [0.5, 0.6) is 0 Å². The van der Waals surface area contributed by atoms with Crippen LogP contribution in [0.15, 0.2) is 96.6 Å². The maximum absolute atomic E-state index is 13.7. The van der Waals surface area contributed by atoms with Gasteiger partial charge in [-0.15, -0.1) is 11.3 Å². The van der Waals surface area contributed by atoms with Crippen LogP contribution in [0.4, 0.5) is 0 Å². The van der Waals surface area contributed by atoms with Crippen LogP contribution in [0.25, 0.3) is 25.6 Å². The van der Waals surface area contributed by atoms with Gasteiger partial charge in [-0.1, -0.05) is 54.6 Å². The van der Waals surface area contributed by atoms with Crippen LogP contribution < -0.4 is 0 Å². The SMILES string of the molecule is N#CC(=C1C=C(c2ccccc2)S(=O)(=O)C(c2ccc(C(=O)O)cc2)=C1)c1nc2ccccc2s1. The quantitative estimate of drug-likeness (QED) is 0.359. The third-order valence-electron chi connectivity index (χ3n) is 5.54. The Bertz CT molecular complexity index is 1690. The number of aromatic carboxylic acids is 1. The Morgan fingerprint density at radius 2 is 1.46 bits per heavy atom. The standard InChI is InChI=1S/C27H16N2O4S2/c28-16-21(26-29-22-8-4-5-9-23(22)34-26)20-14-24(17-6-2-1-3-7-17)35(32,33)25(15-20)18-10-12-19(13-11-18)27(30)31/h1-15H,(H,30,31). The zero-order valence-corrected chi connectivity index (χ0v) is 19.7. The molecule has 0 spiro atoms. The highest BCUT2D eigenvalue weighted by molar-refractivity contribution is 8.09. The molecule has 1 N–H and O–H groups in total. The van der Waals surface area contributed by atoms with Crippen molar-refractivity contribution in [3.8, 4) is 6.07 Å². The second-order valence-electron chi connectivity index (χ2n) is 7.70.